The molecule has 16 nitrogen and oxygen atoms in total. The summed E-state index contributed by atoms with van der Waals surface area (Å²) in [6.07, 6.45) is 15.5. The summed E-state index contributed by atoms with van der Waals surface area (Å²) in [7, 11) is 11.2. The summed E-state index contributed by atoms with van der Waals surface area (Å²) in [5, 5.41) is 11.9. The number of likely N-dealkylation sites (N-methyl/N-ethyl adjacent to an activating group) is 2. The zero-order valence-corrected chi connectivity index (χ0v) is 33.5. The first-order valence-corrected chi connectivity index (χ1v) is 18.9. The molecule has 2 aromatic carbocycles. The van der Waals surface area contributed by atoms with Crippen molar-refractivity contribution in [3.8, 4) is 45.3 Å². The summed E-state index contributed by atoms with van der Waals surface area (Å²) in [5.74, 6) is 5.16. The van der Waals surface area contributed by atoms with Crippen LogP contribution in [0.15, 0.2) is 73.6 Å². The summed E-state index contributed by atoms with van der Waals surface area (Å²) in [6, 6.07) is 11.5. The first-order chi connectivity index (χ1) is 27.5. The number of benzene rings is 2. The number of ether oxygens (including phenoxy) is 4. The molecule has 2 aliphatic carbocycles. The van der Waals surface area contributed by atoms with Gasteiger partial charge in [-0.3, -0.25) is 9.36 Å². The molecule has 17 heteroatoms. The maximum Gasteiger partial charge on any atom is 0.229 e. The van der Waals surface area contributed by atoms with E-state index in [0.29, 0.717) is 18.2 Å². The van der Waals surface area contributed by atoms with Crippen LogP contribution in [-0.2, 0) is 14.1 Å². The highest BCUT2D eigenvalue weighted by molar-refractivity contribution is 6.28. The maximum atomic E-state index is 5.86. The standard InChI is InChI=1S/C20H22N6O2.C11H13N3O.C9H10ClN3O.CH4/c1-25-11-13(9-22-25)15-5-4-14(8-16(15)27-3)23-19-21-10-17-18(24-19)26(2)20(6-7-20)12-28-17;1-14-7-8(6-13-14)10-4-3-9(12)5-11(10)15-2;1-13-7-6(4-11-8(10)12-7)14-5-9(13)2-3-9;/h4-5,8-11H,6-7,12H2,1-3H3,(H,21,23,24);3-7H,12H2,1-2H3;4H,2-3,5H2,1H3;1H4. The Morgan fingerprint density at radius 3 is 1.74 bits per heavy atom. The van der Waals surface area contributed by atoms with Crippen LogP contribution in [0.4, 0.5) is 29.0 Å². The Morgan fingerprint density at radius 1 is 0.707 bits per heavy atom. The Labute approximate surface area is 342 Å². The quantitative estimate of drug-likeness (QED) is 0.133. The lowest BCUT2D eigenvalue weighted by molar-refractivity contribution is 0.252. The number of fused-ring (bicyclic) bond motifs is 2. The van der Waals surface area contributed by atoms with E-state index in [1.807, 2.05) is 76.1 Å². The largest absolute Gasteiger partial charge is 0.496 e. The van der Waals surface area contributed by atoms with Gasteiger partial charge in [0.25, 0.3) is 0 Å². The second kappa shape index (κ2) is 15.9. The Morgan fingerprint density at radius 2 is 1.22 bits per heavy atom. The summed E-state index contributed by atoms with van der Waals surface area (Å²) < 4.78 is 25.8. The van der Waals surface area contributed by atoms with Gasteiger partial charge in [-0.2, -0.15) is 20.2 Å². The van der Waals surface area contributed by atoms with E-state index < -0.39 is 0 Å². The molecule has 6 aromatic rings. The van der Waals surface area contributed by atoms with E-state index in [4.69, 9.17) is 36.3 Å². The van der Waals surface area contributed by atoms with Gasteiger partial charge in [0.1, 0.15) is 24.7 Å². The monoisotopic (exact) mass is 808 g/mol. The molecule has 58 heavy (non-hydrogen) atoms. The highest BCUT2D eigenvalue weighted by Gasteiger charge is 2.52. The molecular weight excluding hydrogens is 760 g/mol. The van der Waals surface area contributed by atoms with Gasteiger partial charge in [-0.05, 0) is 61.5 Å². The van der Waals surface area contributed by atoms with Gasteiger partial charge >= 0.3 is 0 Å². The van der Waals surface area contributed by atoms with Gasteiger partial charge in [-0.1, -0.05) is 7.43 Å². The number of anilines is 5. The predicted octanol–water partition coefficient (Wildman–Crippen LogP) is 6.80. The van der Waals surface area contributed by atoms with Crippen LogP contribution in [-0.4, -0.2) is 92.1 Å². The van der Waals surface area contributed by atoms with Gasteiger partial charge in [-0.15, -0.1) is 0 Å². The number of nitrogens with two attached hydrogens (primary N) is 1. The average molecular weight is 809 g/mol. The number of hydrogen-bond donors (Lipinski definition) is 2. The normalized spacial score (nSPS) is 15.8. The summed E-state index contributed by atoms with van der Waals surface area (Å²) in [6.45, 7) is 1.45. The third-order valence-corrected chi connectivity index (χ3v) is 11.0. The van der Waals surface area contributed by atoms with E-state index in [9.17, 15) is 0 Å². The number of nitrogens with zero attached hydrogens (tertiary/aromatic N) is 10. The van der Waals surface area contributed by atoms with E-state index in [0.717, 1.165) is 82.0 Å². The van der Waals surface area contributed by atoms with Gasteiger partial charge in [-0.25, -0.2) is 9.97 Å². The van der Waals surface area contributed by atoms with E-state index in [1.54, 1.807) is 42.2 Å². The highest BCUT2D eigenvalue weighted by atomic mass is 35.5. The van der Waals surface area contributed by atoms with Crippen molar-refractivity contribution in [2.45, 2.75) is 44.2 Å². The van der Waals surface area contributed by atoms with E-state index in [1.165, 1.54) is 12.8 Å². The summed E-state index contributed by atoms with van der Waals surface area (Å²) in [5.41, 5.74) is 11.5. The molecule has 3 N–H and O–H groups in total. The molecule has 0 amide bonds. The molecule has 304 valence electrons. The fraction of sp³-hybridized carbons (Fsp3) is 0.366. The van der Waals surface area contributed by atoms with Gasteiger partial charge < -0.3 is 39.8 Å². The molecule has 0 unspecified atom stereocenters. The molecule has 0 saturated heterocycles. The lowest BCUT2D eigenvalue weighted by Gasteiger charge is -2.35. The fourth-order valence-electron chi connectivity index (χ4n) is 6.97. The average Bonchev–Trinajstić information content (AvgIpc) is 4.09. The number of halogens is 1. The number of methoxy groups -OCH3 is 2. The zero-order chi connectivity index (χ0) is 39.9. The van der Waals surface area contributed by atoms with E-state index >= 15 is 0 Å². The number of aromatic nitrogens is 8. The minimum absolute atomic E-state index is 0. The van der Waals surface area contributed by atoms with Crippen LogP contribution in [0.25, 0.3) is 22.3 Å². The summed E-state index contributed by atoms with van der Waals surface area (Å²) >= 11 is 5.75. The van der Waals surface area contributed by atoms with Gasteiger partial charge in [0.15, 0.2) is 23.1 Å². The smallest absolute Gasteiger partial charge is 0.229 e. The first-order valence-electron chi connectivity index (χ1n) is 18.5. The zero-order valence-electron chi connectivity index (χ0n) is 32.7. The van der Waals surface area contributed by atoms with Crippen LogP contribution in [0.2, 0.25) is 5.28 Å². The number of hydrogen-bond acceptors (Lipinski definition) is 14. The maximum absolute atomic E-state index is 5.86. The minimum atomic E-state index is 0. The topological polar surface area (TPSA) is 169 Å². The second-order valence-electron chi connectivity index (χ2n) is 14.7. The molecule has 2 saturated carbocycles. The van der Waals surface area contributed by atoms with Crippen molar-refractivity contribution in [2.75, 3.05) is 62.4 Å². The van der Waals surface area contributed by atoms with Crippen molar-refractivity contribution >= 4 is 40.6 Å². The minimum Gasteiger partial charge on any atom is -0.496 e. The Balaban J connectivity index is 0.000000144. The van der Waals surface area contributed by atoms with Crippen molar-refractivity contribution in [3.63, 3.8) is 0 Å². The SMILES string of the molecule is C.CN1c2nc(Cl)ncc2OCC12CC2.COc1cc(N)ccc1-c1cnn(C)c1.COc1cc(Nc2ncc3c(n2)N(C)C2(CC2)CO3)ccc1-c1cnn(C)c1. The number of aryl methyl sites for hydroxylation is 2. The van der Waals surface area contributed by atoms with Crippen LogP contribution in [0.5, 0.6) is 23.0 Å². The molecule has 0 atom stereocenters. The molecule has 0 bridgehead atoms. The van der Waals surface area contributed by atoms with Crippen LogP contribution in [0.3, 0.4) is 0 Å². The van der Waals surface area contributed by atoms with Gasteiger partial charge in [0.05, 0.1) is 50.1 Å². The first kappa shape index (κ1) is 39.9. The number of nitrogen functional groups attached to an aromatic ring is 1. The van der Waals surface area contributed by atoms with Gasteiger partial charge in [0, 0.05) is 86.3 Å². The fourth-order valence-corrected chi connectivity index (χ4v) is 7.09. The third-order valence-electron chi connectivity index (χ3n) is 10.9. The summed E-state index contributed by atoms with van der Waals surface area (Å²) in [4.78, 5) is 21.6. The van der Waals surface area contributed by atoms with Crippen LogP contribution in [0.1, 0.15) is 33.1 Å². The third kappa shape index (κ3) is 7.96. The molecule has 10 rings (SSSR count). The van der Waals surface area contributed by atoms with Crippen molar-refractivity contribution in [1.29, 1.82) is 0 Å². The Bertz CT molecular complexity index is 2410. The van der Waals surface area contributed by atoms with Crippen molar-refractivity contribution in [3.05, 3.63) is 78.9 Å². The van der Waals surface area contributed by atoms with E-state index in [2.05, 4.69) is 52.3 Å². The lowest BCUT2D eigenvalue weighted by Crippen LogP contribution is -2.43. The molecule has 4 aliphatic rings. The van der Waals surface area contributed by atoms with Crippen LogP contribution >= 0.6 is 11.6 Å². The predicted molar refractivity (Wildman–Crippen MR) is 226 cm³/mol. The number of nitrogens with one attached hydrogen (secondary N) is 1. The van der Waals surface area contributed by atoms with Crippen molar-refractivity contribution in [1.82, 2.24) is 39.5 Å². The van der Waals surface area contributed by atoms with E-state index in [-0.39, 0.29) is 23.8 Å². The van der Waals surface area contributed by atoms with Crippen molar-refractivity contribution < 1.29 is 18.9 Å². The Hall–Kier alpha value is -6.29. The van der Waals surface area contributed by atoms with Crippen LogP contribution < -0.4 is 39.8 Å². The highest BCUT2D eigenvalue weighted by Crippen LogP contribution is 2.49. The molecule has 6 heterocycles. The molecule has 2 fully saturated rings. The van der Waals surface area contributed by atoms with Crippen molar-refractivity contribution in [2.24, 2.45) is 14.1 Å². The molecule has 0 radical (unpaired) electrons. The van der Waals surface area contributed by atoms with Crippen LogP contribution in [0, 0.1) is 0 Å². The molecule has 2 aliphatic heterocycles. The number of rotatable bonds is 6. The molecular formula is C41H49ClN12O4. The Kier molecular flexibility index (Phi) is 11.0. The lowest BCUT2D eigenvalue weighted by atomic mass is 10.1. The molecule has 4 aromatic heterocycles. The molecule has 2 spiro atoms. The van der Waals surface area contributed by atoms with Gasteiger partial charge in [0.2, 0.25) is 11.2 Å². The second-order valence-corrected chi connectivity index (χ2v) is 15.0.